The van der Waals surface area contributed by atoms with Crippen molar-refractivity contribution in [2.24, 2.45) is 11.1 Å². The summed E-state index contributed by atoms with van der Waals surface area (Å²) < 4.78 is 6.15. The van der Waals surface area contributed by atoms with Crippen molar-refractivity contribution < 1.29 is 9.53 Å². The molecule has 0 aliphatic carbocycles. The third kappa shape index (κ3) is 5.83. The van der Waals surface area contributed by atoms with Crippen molar-refractivity contribution in [1.82, 2.24) is 4.90 Å². The molecule has 0 fully saturated rings. The highest BCUT2D eigenvalue weighted by Gasteiger charge is 2.22. The third-order valence-electron chi connectivity index (χ3n) is 5.13. The smallest absolute Gasteiger partial charge is 0.257 e. The second-order valence-electron chi connectivity index (χ2n) is 8.86. The van der Waals surface area contributed by atoms with Gasteiger partial charge in [-0.05, 0) is 40.3 Å². The molecule has 0 bridgehead atoms. The second-order valence-corrected chi connectivity index (χ2v) is 8.86. The predicted octanol–water partition coefficient (Wildman–Crippen LogP) is 5.26. The molecule has 0 radical (unpaired) electrons. The molecule has 0 aliphatic heterocycles. The first-order chi connectivity index (χ1) is 14.4. The number of hydrogen-bond donors (Lipinski definition) is 1. The number of nitrogens with two attached hydrogens (primary N) is 1. The van der Waals surface area contributed by atoms with Crippen LogP contribution in [0.25, 0.3) is 10.8 Å². The Morgan fingerprint density at radius 1 is 0.933 bits per heavy atom. The lowest BCUT2D eigenvalue weighted by molar-refractivity contribution is 0.0738. The lowest BCUT2D eigenvalue weighted by Crippen LogP contribution is -2.37. The van der Waals surface area contributed by atoms with Crippen LogP contribution in [0.2, 0.25) is 0 Å². The Morgan fingerprint density at radius 2 is 1.57 bits per heavy atom. The molecule has 0 spiro atoms. The molecule has 3 rings (SSSR count). The Hall–Kier alpha value is -2.85. The van der Waals surface area contributed by atoms with E-state index >= 15 is 0 Å². The van der Waals surface area contributed by atoms with Crippen LogP contribution in [-0.4, -0.2) is 30.4 Å². The van der Waals surface area contributed by atoms with Gasteiger partial charge in [0, 0.05) is 19.6 Å². The van der Waals surface area contributed by atoms with Crippen LogP contribution in [0.15, 0.2) is 66.7 Å². The molecule has 0 aliphatic rings. The maximum Gasteiger partial charge on any atom is 0.257 e. The fraction of sp³-hybridized carbons (Fsp3) is 0.346. The van der Waals surface area contributed by atoms with Crippen molar-refractivity contribution in [3.63, 3.8) is 0 Å². The van der Waals surface area contributed by atoms with Gasteiger partial charge in [0.1, 0.15) is 12.4 Å². The average Bonchev–Trinajstić information content (AvgIpc) is 2.74. The van der Waals surface area contributed by atoms with E-state index in [9.17, 15) is 4.79 Å². The van der Waals surface area contributed by atoms with Crippen molar-refractivity contribution in [2.45, 2.75) is 33.8 Å². The second kappa shape index (κ2) is 9.77. The zero-order chi connectivity index (χ0) is 21.6. The number of ether oxygens (including phenoxy) is 1. The van der Waals surface area contributed by atoms with E-state index in [4.69, 9.17) is 10.5 Å². The van der Waals surface area contributed by atoms with Gasteiger partial charge in [-0.3, -0.25) is 4.79 Å². The Morgan fingerprint density at radius 3 is 2.20 bits per heavy atom. The van der Waals surface area contributed by atoms with Gasteiger partial charge in [0.2, 0.25) is 0 Å². The standard InChI is InChI=1S/C26H32N2O2/c1-26(2,3)13-15-28(16-14-27)25(29)23-17-21-11-7-8-12-22(21)18-24(23)30-19-20-9-5-4-6-10-20/h4-12,17-18H,13-16,19,27H2,1-3H3. The molecule has 0 saturated heterocycles. The summed E-state index contributed by atoms with van der Waals surface area (Å²) in [4.78, 5) is 15.4. The summed E-state index contributed by atoms with van der Waals surface area (Å²) in [7, 11) is 0. The van der Waals surface area contributed by atoms with Gasteiger partial charge in [-0.15, -0.1) is 0 Å². The van der Waals surface area contributed by atoms with Crippen LogP contribution in [-0.2, 0) is 6.61 Å². The molecule has 0 atom stereocenters. The lowest BCUT2D eigenvalue weighted by Gasteiger charge is -2.27. The molecule has 3 aromatic rings. The number of benzene rings is 3. The molecular formula is C26H32N2O2. The van der Waals surface area contributed by atoms with E-state index in [1.807, 2.05) is 71.6 Å². The predicted molar refractivity (Wildman–Crippen MR) is 124 cm³/mol. The van der Waals surface area contributed by atoms with Crippen molar-refractivity contribution >= 4 is 16.7 Å². The minimum absolute atomic E-state index is 0.0292. The molecule has 1 amide bonds. The number of amides is 1. The van der Waals surface area contributed by atoms with Gasteiger partial charge in [0.15, 0.2) is 0 Å². The SMILES string of the molecule is CC(C)(C)CCN(CCN)C(=O)c1cc2ccccc2cc1OCc1ccccc1. The number of hydrogen-bond acceptors (Lipinski definition) is 3. The maximum absolute atomic E-state index is 13.5. The summed E-state index contributed by atoms with van der Waals surface area (Å²) >= 11 is 0. The summed E-state index contributed by atoms with van der Waals surface area (Å²) in [5, 5.41) is 2.08. The minimum Gasteiger partial charge on any atom is -0.488 e. The summed E-state index contributed by atoms with van der Waals surface area (Å²) in [5.41, 5.74) is 7.62. The first-order valence-electron chi connectivity index (χ1n) is 10.6. The van der Waals surface area contributed by atoms with Crippen molar-refractivity contribution in [1.29, 1.82) is 0 Å². The number of nitrogens with zero attached hydrogens (tertiary/aromatic N) is 1. The van der Waals surface area contributed by atoms with E-state index in [0.29, 0.717) is 37.6 Å². The summed E-state index contributed by atoms with van der Waals surface area (Å²) in [6.45, 7) is 8.60. The van der Waals surface area contributed by atoms with Gasteiger partial charge < -0.3 is 15.4 Å². The number of rotatable bonds is 8. The van der Waals surface area contributed by atoms with E-state index in [2.05, 4.69) is 20.8 Å². The summed E-state index contributed by atoms with van der Waals surface area (Å²) in [6, 6.07) is 21.9. The van der Waals surface area contributed by atoms with E-state index in [0.717, 1.165) is 22.8 Å². The Labute approximate surface area is 179 Å². The van der Waals surface area contributed by atoms with Crippen LogP contribution >= 0.6 is 0 Å². The van der Waals surface area contributed by atoms with E-state index in [-0.39, 0.29) is 11.3 Å². The van der Waals surface area contributed by atoms with E-state index in [1.165, 1.54) is 0 Å². The van der Waals surface area contributed by atoms with Crippen LogP contribution in [0.4, 0.5) is 0 Å². The highest BCUT2D eigenvalue weighted by molar-refractivity contribution is 6.01. The summed E-state index contributed by atoms with van der Waals surface area (Å²) in [5.74, 6) is 0.582. The molecule has 0 heterocycles. The first kappa shape index (κ1) is 21.8. The van der Waals surface area contributed by atoms with Gasteiger partial charge in [0.25, 0.3) is 5.91 Å². The van der Waals surface area contributed by atoms with Gasteiger partial charge in [-0.25, -0.2) is 0 Å². The van der Waals surface area contributed by atoms with Gasteiger partial charge >= 0.3 is 0 Å². The van der Waals surface area contributed by atoms with Crippen LogP contribution < -0.4 is 10.5 Å². The zero-order valence-electron chi connectivity index (χ0n) is 18.2. The summed E-state index contributed by atoms with van der Waals surface area (Å²) in [6.07, 6.45) is 0.909. The van der Waals surface area contributed by atoms with Crippen molar-refractivity contribution in [2.75, 3.05) is 19.6 Å². The van der Waals surface area contributed by atoms with Gasteiger partial charge in [0.05, 0.1) is 5.56 Å². The number of fused-ring (bicyclic) bond motifs is 1. The Balaban J connectivity index is 1.93. The molecule has 4 heteroatoms. The monoisotopic (exact) mass is 404 g/mol. The Bertz CT molecular complexity index is 977. The Kier molecular flexibility index (Phi) is 7.11. The topological polar surface area (TPSA) is 55.6 Å². The van der Waals surface area contributed by atoms with Crippen LogP contribution in [0, 0.1) is 5.41 Å². The fourth-order valence-electron chi connectivity index (χ4n) is 3.35. The molecule has 3 aromatic carbocycles. The first-order valence-corrected chi connectivity index (χ1v) is 10.6. The molecule has 2 N–H and O–H groups in total. The molecular weight excluding hydrogens is 372 g/mol. The molecule has 30 heavy (non-hydrogen) atoms. The average molecular weight is 405 g/mol. The van der Waals surface area contributed by atoms with E-state index < -0.39 is 0 Å². The number of carbonyl (C=O) groups is 1. The molecule has 0 saturated carbocycles. The lowest BCUT2D eigenvalue weighted by atomic mass is 9.92. The normalized spacial score (nSPS) is 11.5. The molecule has 4 nitrogen and oxygen atoms in total. The quantitative estimate of drug-likeness (QED) is 0.557. The van der Waals surface area contributed by atoms with Crippen LogP contribution in [0.5, 0.6) is 5.75 Å². The number of carbonyl (C=O) groups excluding carboxylic acids is 1. The van der Waals surface area contributed by atoms with Gasteiger partial charge in [-0.1, -0.05) is 75.4 Å². The largest absolute Gasteiger partial charge is 0.488 e. The molecule has 158 valence electrons. The van der Waals surface area contributed by atoms with Gasteiger partial charge in [-0.2, -0.15) is 0 Å². The van der Waals surface area contributed by atoms with Crippen molar-refractivity contribution in [3.8, 4) is 5.75 Å². The minimum atomic E-state index is -0.0292. The van der Waals surface area contributed by atoms with Crippen molar-refractivity contribution in [3.05, 3.63) is 77.9 Å². The highest BCUT2D eigenvalue weighted by atomic mass is 16.5. The van der Waals surface area contributed by atoms with Crippen LogP contribution in [0.1, 0.15) is 43.1 Å². The highest BCUT2D eigenvalue weighted by Crippen LogP contribution is 2.29. The van der Waals surface area contributed by atoms with Crippen LogP contribution in [0.3, 0.4) is 0 Å². The third-order valence-corrected chi connectivity index (χ3v) is 5.13. The molecule has 0 unspecified atom stereocenters. The maximum atomic E-state index is 13.5. The fourth-order valence-corrected chi connectivity index (χ4v) is 3.35. The molecule has 0 aromatic heterocycles. The van der Waals surface area contributed by atoms with E-state index in [1.54, 1.807) is 0 Å². The zero-order valence-corrected chi connectivity index (χ0v) is 18.2.